The summed E-state index contributed by atoms with van der Waals surface area (Å²) in [4.78, 5) is 0. The van der Waals surface area contributed by atoms with Crippen LogP contribution < -0.4 is 10.8 Å². The summed E-state index contributed by atoms with van der Waals surface area (Å²) in [5.74, 6) is 0. The van der Waals surface area contributed by atoms with Crippen molar-refractivity contribution in [3.8, 4) is 0 Å². The Kier molecular flexibility index (Phi) is 5.95. The highest BCUT2D eigenvalue weighted by Gasteiger charge is 2.32. The fourth-order valence-corrected chi connectivity index (χ4v) is 3.28. The van der Waals surface area contributed by atoms with E-state index in [-0.39, 0.29) is 24.9 Å². The molecule has 4 N–H and O–H groups in total. The molecular formula is C8H16F6N2Si. The Morgan fingerprint density at radius 3 is 1.24 bits per heavy atom. The molecule has 0 atom stereocenters. The number of halogens is 6. The highest BCUT2D eigenvalue weighted by atomic mass is 28.3. The fourth-order valence-electron chi connectivity index (χ4n) is 1.36. The van der Waals surface area contributed by atoms with E-state index >= 15 is 0 Å². The van der Waals surface area contributed by atoms with Crippen molar-refractivity contribution < 1.29 is 26.3 Å². The summed E-state index contributed by atoms with van der Waals surface area (Å²) in [7, 11) is -2.90. The molecule has 0 fully saturated rings. The Bertz CT molecular complexity index is 203. The van der Waals surface area contributed by atoms with Crippen LogP contribution in [0.3, 0.4) is 0 Å². The minimum atomic E-state index is -4.27. The van der Waals surface area contributed by atoms with Gasteiger partial charge in [0.25, 0.3) is 0 Å². The number of hydrogen-bond donors (Lipinski definition) is 2. The van der Waals surface area contributed by atoms with E-state index < -0.39 is 33.6 Å². The number of alkyl halides is 6. The minimum Gasteiger partial charge on any atom is -0.339 e. The van der Waals surface area contributed by atoms with Gasteiger partial charge in [-0.1, -0.05) is 0 Å². The normalized spacial score (nSPS) is 14.1. The van der Waals surface area contributed by atoms with Gasteiger partial charge in [0, 0.05) is 12.8 Å². The van der Waals surface area contributed by atoms with Crippen LogP contribution in [0.4, 0.5) is 26.3 Å². The standard InChI is InChI=1S/C8H16F6N2Si/c9-7(10,11)3-1-5-17(15,16)6-2-4-8(12,13)14/h1-6,15-16H2. The molecule has 0 amide bonds. The van der Waals surface area contributed by atoms with Gasteiger partial charge < -0.3 is 10.8 Å². The Morgan fingerprint density at radius 2 is 1.00 bits per heavy atom. The molecule has 0 aromatic carbocycles. The zero-order chi connectivity index (χ0) is 13.7. The highest BCUT2D eigenvalue weighted by Crippen LogP contribution is 2.26. The lowest BCUT2D eigenvalue weighted by molar-refractivity contribution is -0.135. The van der Waals surface area contributed by atoms with Gasteiger partial charge in [0.15, 0.2) is 8.40 Å². The van der Waals surface area contributed by atoms with Gasteiger partial charge in [0.1, 0.15) is 0 Å². The molecular weight excluding hydrogens is 266 g/mol. The fraction of sp³-hybridized carbons (Fsp3) is 1.00. The van der Waals surface area contributed by atoms with Gasteiger partial charge in [-0.2, -0.15) is 26.3 Å². The van der Waals surface area contributed by atoms with E-state index in [1.807, 2.05) is 0 Å². The van der Waals surface area contributed by atoms with Crippen molar-refractivity contribution in [1.82, 2.24) is 0 Å². The lowest BCUT2D eigenvalue weighted by atomic mass is 10.3. The van der Waals surface area contributed by atoms with Crippen LogP contribution in [0.2, 0.25) is 12.1 Å². The predicted molar refractivity (Wildman–Crippen MR) is 54.3 cm³/mol. The molecule has 0 radical (unpaired) electrons. The molecule has 0 aromatic rings. The van der Waals surface area contributed by atoms with E-state index in [0.717, 1.165) is 0 Å². The molecule has 0 aliphatic heterocycles. The maximum atomic E-state index is 11.8. The number of nitrogens with two attached hydrogens (primary N) is 2. The molecule has 0 spiro atoms. The topological polar surface area (TPSA) is 52.0 Å². The molecule has 0 saturated heterocycles. The third kappa shape index (κ3) is 12.0. The first-order valence-electron chi connectivity index (χ1n) is 5.13. The van der Waals surface area contributed by atoms with Crippen LogP contribution in [0.1, 0.15) is 25.7 Å². The van der Waals surface area contributed by atoms with Crippen LogP contribution in [0.25, 0.3) is 0 Å². The van der Waals surface area contributed by atoms with Crippen LogP contribution in [0, 0.1) is 0 Å². The van der Waals surface area contributed by atoms with Crippen LogP contribution in [0.15, 0.2) is 0 Å². The number of rotatable bonds is 6. The maximum absolute atomic E-state index is 11.8. The van der Waals surface area contributed by atoms with E-state index in [1.165, 1.54) is 0 Å². The van der Waals surface area contributed by atoms with Gasteiger partial charge in [-0.15, -0.1) is 0 Å². The molecule has 9 heteroatoms. The van der Waals surface area contributed by atoms with Crippen LogP contribution in [-0.4, -0.2) is 20.7 Å². The van der Waals surface area contributed by atoms with E-state index in [1.54, 1.807) is 0 Å². The molecule has 0 heterocycles. The average Bonchev–Trinajstić information content (AvgIpc) is 1.96. The lowest BCUT2D eigenvalue weighted by Gasteiger charge is -2.21. The van der Waals surface area contributed by atoms with Gasteiger partial charge >= 0.3 is 12.4 Å². The largest absolute Gasteiger partial charge is 0.389 e. The van der Waals surface area contributed by atoms with Gasteiger partial charge in [-0.05, 0) is 24.9 Å². The van der Waals surface area contributed by atoms with Crippen molar-refractivity contribution >= 4 is 8.40 Å². The minimum absolute atomic E-state index is 0.00956. The van der Waals surface area contributed by atoms with Gasteiger partial charge in [0.2, 0.25) is 0 Å². The second-order valence-corrected chi connectivity index (χ2v) is 7.64. The summed E-state index contributed by atoms with van der Waals surface area (Å²) >= 11 is 0. The summed E-state index contributed by atoms with van der Waals surface area (Å²) < 4.78 is 70.9. The summed E-state index contributed by atoms with van der Waals surface area (Å²) in [6.07, 6.45) is -10.9. The molecule has 0 unspecified atom stereocenters. The van der Waals surface area contributed by atoms with Crippen LogP contribution in [-0.2, 0) is 0 Å². The molecule has 104 valence electrons. The molecule has 0 rings (SSSR count). The first-order chi connectivity index (χ1) is 7.41. The van der Waals surface area contributed by atoms with Crippen molar-refractivity contribution in [3.63, 3.8) is 0 Å². The van der Waals surface area contributed by atoms with Crippen molar-refractivity contribution in [1.29, 1.82) is 0 Å². The first kappa shape index (κ1) is 16.7. The quantitative estimate of drug-likeness (QED) is 0.581. The van der Waals surface area contributed by atoms with Crippen molar-refractivity contribution in [2.45, 2.75) is 50.1 Å². The highest BCUT2D eigenvalue weighted by molar-refractivity contribution is 6.73. The molecule has 0 aliphatic carbocycles. The average molecular weight is 282 g/mol. The van der Waals surface area contributed by atoms with Crippen LogP contribution >= 0.6 is 0 Å². The SMILES string of the molecule is N[Si](N)(CCCC(F)(F)F)CCCC(F)(F)F. The molecule has 0 bridgehead atoms. The van der Waals surface area contributed by atoms with Crippen molar-refractivity contribution in [2.24, 2.45) is 10.8 Å². The molecule has 0 aliphatic rings. The summed E-state index contributed by atoms with van der Waals surface area (Å²) in [5.41, 5.74) is 0. The van der Waals surface area contributed by atoms with Gasteiger partial charge in [-0.25, -0.2) is 0 Å². The van der Waals surface area contributed by atoms with Gasteiger partial charge in [0.05, 0.1) is 0 Å². The summed E-state index contributed by atoms with van der Waals surface area (Å²) in [5, 5.41) is 11.1. The van der Waals surface area contributed by atoms with Crippen molar-refractivity contribution in [3.05, 3.63) is 0 Å². The Balaban J connectivity index is 3.81. The van der Waals surface area contributed by atoms with E-state index in [9.17, 15) is 26.3 Å². The summed E-state index contributed by atoms with van der Waals surface area (Å²) in [6, 6.07) is -0.0191. The first-order valence-corrected chi connectivity index (χ1v) is 7.69. The molecule has 0 aromatic heterocycles. The smallest absolute Gasteiger partial charge is 0.339 e. The zero-order valence-corrected chi connectivity index (χ0v) is 10.2. The Hall–Kier alpha value is -0.283. The number of hydrogen-bond acceptors (Lipinski definition) is 2. The summed E-state index contributed by atoms with van der Waals surface area (Å²) in [6.45, 7) is 0. The molecule has 0 saturated carbocycles. The van der Waals surface area contributed by atoms with E-state index in [4.69, 9.17) is 10.8 Å². The Morgan fingerprint density at radius 1 is 0.706 bits per heavy atom. The van der Waals surface area contributed by atoms with Crippen LogP contribution in [0.5, 0.6) is 0 Å². The zero-order valence-electron chi connectivity index (χ0n) is 9.17. The lowest BCUT2D eigenvalue weighted by Crippen LogP contribution is -2.55. The van der Waals surface area contributed by atoms with E-state index in [0.29, 0.717) is 0 Å². The van der Waals surface area contributed by atoms with Crippen molar-refractivity contribution in [2.75, 3.05) is 0 Å². The molecule has 17 heavy (non-hydrogen) atoms. The maximum Gasteiger partial charge on any atom is 0.389 e. The second kappa shape index (κ2) is 6.05. The second-order valence-electron chi connectivity index (χ2n) is 4.17. The van der Waals surface area contributed by atoms with Gasteiger partial charge in [-0.3, -0.25) is 0 Å². The third-order valence-electron chi connectivity index (χ3n) is 2.20. The predicted octanol–water partition coefficient (Wildman–Crippen LogP) is 3.03. The van der Waals surface area contributed by atoms with E-state index in [2.05, 4.69) is 0 Å². The monoisotopic (exact) mass is 282 g/mol. The molecule has 2 nitrogen and oxygen atoms in total. The third-order valence-corrected chi connectivity index (χ3v) is 4.77. The Labute approximate surface area is 96.5 Å².